The molecule has 0 spiro atoms. The van der Waals surface area contributed by atoms with Gasteiger partial charge in [-0.15, -0.1) is 0 Å². The van der Waals surface area contributed by atoms with E-state index in [-0.39, 0.29) is 5.91 Å². The lowest BCUT2D eigenvalue weighted by Crippen LogP contribution is -2.26. The van der Waals surface area contributed by atoms with E-state index in [9.17, 15) is 4.79 Å². The Morgan fingerprint density at radius 1 is 1.26 bits per heavy atom. The van der Waals surface area contributed by atoms with Gasteiger partial charge in [0.2, 0.25) is 5.91 Å². The average molecular weight is 260 g/mol. The molecule has 1 amide bonds. The molecule has 3 N–H and O–H groups in total. The zero-order chi connectivity index (χ0) is 13.7. The smallest absolute Gasteiger partial charge is 0.221 e. The van der Waals surface area contributed by atoms with Gasteiger partial charge in [0.1, 0.15) is 0 Å². The normalized spacial score (nSPS) is 23.0. The topological polar surface area (TPSA) is 55.1 Å². The monoisotopic (exact) mass is 260 g/mol. The summed E-state index contributed by atoms with van der Waals surface area (Å²) >= 11 is 0. The van der Waals surface area contributed by atoms with Crippen LogP contribution >= 0.6 is 0 Å². The van der Waals surface area contributed by atoms with Crippen LogP contribution in [-0.2, 0) is 11.2 Å². The number of carbonyl (C=O) groups excluding carboxylic acids is 1. The number of hydrogen-bond acceptors (Lipinski definition) is 2. The van der Waals surface area contributed by atoms with Crippen LogP contribution in [0.1, 0.15) is 44.6 Å². The molecule has 0 aliphatic heterocycles. The van der Waals surface area contributed by atoms with E-state index in [4.69, 9.17) is 5.73 Å². The van der Waals surface area contributed by atoms with Crippen molar-refractivity contribution in [3.05, 3.63) is 29.8 Å². The molecule has 104 valence electrons. The second-order valence-electron chi connectivity index (χ2n) is 5.57. The minimum absolute atomic E-state index is 0.274. The van der Waals surface area contributed by atoms with Crippen LogP contribution in [0, 0.1) is 5.92 Å². The minimum atomic E-state index is -0.274. The molecule has 0 bridgehead atoms. The van der Waals surface area contributed by atoms with E-state index in [1.165, 1.54) is 32.1 Å². The predicted molar refractivity (Wildman–Crippen MR) is 79.0 cm³/mol. The van der Waals surface area contributed by atoms with Crippen LogP contribution in [0.25, 0.3) is 0 Å². The standard InChI is InChI=1S/C16H24N2O/c1-2-12-7-9-14(10-8-12)18-15-6-4-3-5-13(15)11-16(17)19/h3-6,12,14,18H,2,7-11H2,1H3,(H2,17,19). The summed E-state index contributed by atoms with van der Waals surface area (Å²) in [5.41, 5.74) is 7.37. The van der Waals surface area contributed by atoms with Gasteiger partial charge in [0, 0.05) is 11.7 Å². The van der Waals surface area contributed by atoms with Gasteiger partial charge < -0.3 is 11.1 Å². The Hall–Kier alpha value is -1.51. The number of benzene rings is 1. The highest BCUT2D eigenvalue weighted by Gasteiger charge is 2.20. The number of hydrogen-bond donors (Lipinski definition) is 2. The van der Waals surface area contributed by atoms with Crippen molar-refractivity contribution in [1.82, 2.24) is 0 Å². The molecule has 0 radical (unpaired) electrons. The van der Waals surface area contributed by atoms with Crippen molar-refractivity contribution in [3.63, 3.8) is 0 Å². The van der Waals surface area contributed by atoms with E-state index in [2.05, 4.69) is 12.2 Å². The van der Waals surface area contributed by atoms with Gasteiger partial charge >= 0.3 is 0 Å². The minimum Gasteiger partial charge on any atom is -0.382 e. The molecule has 1 aliphatic carbocycles. The molecule has 1 saturated carbocycles. The predicted octanol–water partition coefficient (Wildman–Crippen LogP) is 3.10. The van der Waals surface area contributed by atoms with Crippen LogP contribution in [0.3, 0.4) is 0 Å². The fraction of sp³-hybridized carbons (Fsp3) is 0.562. The van der Waals surface area contributed by atoms with Gasteiger partial charge in [-0.25, -0.2) is 0 Å². The molecular weight excluding hydrogens is 236 g/mol. The maximum atomic E-state index is 11.1. The van der Waals surface area contributed by atoms with Crippen LogP contribution in [0.5, 0.6) is 0 Å². The van der Waals surface area contributed by atoms with Gasteiger partial charge in [-0.05, 0) is 43.2 Å². The molecule has 1 aromatic rings. The van der Waals surface area contributed by atoms with E-state index in [0.29, 0.717) is 12.5 Å². The van der Waals surface area contributed by atoms with Crippen LogP contribution in [0.2, 0.25) is 0 Å². The second kappa shape index (κ2) is 6.60. The molecule has 1 aromatic carbocycles. The molecule has 3 nitrogen and oxygen atoms in total. The number of para-hydroxylation sites is 1. The van der Waals surface area contributed by atoms with E-state index in [1.54, 1.807) is 0 Å². The number of anilines is 1. The summed E-state index contributed by atoms with van der Waals surface area (Å²) in [6, 6.07) is 8.52. The van der Waals surface area contributed by atoms with E-state index >= 15 is 0 Å². The lowest BCUT2D eigenvalue weighted by atomic mass is 9.84. The Morgan fingerprint density at radius 2 is 1.95 bits per heavy atom. The zero-order valence-corrected chi connectivity index (χ0v) is 11.7. The number of rotatable bonds is 5. The highest BCUT2D eigenvalue weighted by Crippen LogP contribution is 2.29. The first-order chi connectivity index (χ1) is 9.19. The first-order valence-electron chi connectivity index (χ1n) is 7.31. The largest absolute Gasteiger partial charge is 0.382 e. The molecule has 0 aromatic heterocycles. The fourth-order valence-corrected chi connectivity index (χ4v) is 2.94. The number of primary amides is 1. The van der Waals surface area contributed by atoms with Gasteiger partial charge in [0.15, 0.2) is 0 Å². The third-order valence-corrected chi connectivity index (χ3v) is 4.17. The Kier molecular flexibility index (Phi) is 4.83. The van der Waals surface area contributed by atoms with E-state index in [0.717, 1.165) is 17.2 Å². The van der Waals surface area contributed by atoms with Crippen molar-refractivity contribution >= 4 is 11.6 Å². The molecule has 2 rings (SSSR count). The molecule has 19 heavy (non-hydrogen) atoms. The fourth-order valence-electron chi connectivity index (χ4n) is 2.94. The zero-order valence-electron chi connectivity index (χ0n) is 11.7. The highest BCUT2D eigenvalue weighted by molar-refractivity contribution is 5.78. The Balaban J connectivity index is 1.97. The Morgan fingerprint density at radius 3 is 2.58 bits per heavy atom. The van der Waals surface area contributed by atoms with Crippen molar-refractivity contribution < 1.29 is 4.79 Å². The third-order valence-electron chi connectivity index (χ3n) is 4.17. The highest BCUT2D eigenvalue weighted by atomic mass is 16.1. The molecule has 0 heterocycles. The summed E-state index contributed by atoms with van der Waals surface area (Å²) < 4.78 is 0. The summed E-state index contributed by atoms with van der Waals surface area (Å²) in [4.78, 5) is 11.1. The van der Waals surface area contributed by atoms with E-state index in [1.807, 2.05) is 24.3 Å². The van der Waals surface area contributed by atoms with Crippen LogP contribution in [-0.4, -0.2) is 11.9 Å². The van der Waals surface area contributed by atoms with Gasteiger partial charge in [-0.2, -0.15) is 0 Å². The van der Waals surface area contributed by atoms with Crippen LogP contribution < -0.4 is 11.1 Å². The lowest BCUT2D eigenvalue weighted by molar-refractivity contribution is -0.117. The second-order valence-corrected chi connectivity index (χ2v) is 5.57. The molecule has 0 saturated heterocycles. The number of nitrogens with two attached hydrogens (primary N) is 1. The number of carbonyl (C=O) groups is 1. The maximum Gasteiger partial charge on any atom is 0.221 e. The third kappa shape index (κ3) is 3.98. The number of amides is 1. The molecule has 1 fully saturated rings. The van der Waals surface area contributed by atoms with Crippen molar-refractivity contribution in [2.45, 2.75) is 51.5 Å². The molecule has 1 aliphatic rings. The molecule has 0 atom stereocenters. The van der Waals surface area contributed by atoms with Gasteiger partial charge in [0.25, 0.3) is 0 Å². The lowest BCUT2D eigenvalue weighted by Gasteiger charge is -2.29. The maximum absolute atomic E-state index is 11.1. The number of nitrogens with one attached hydrogen (secondary N) is 1. The van der Waals surface area contributed by atoms with Crippen molar-refractivity contribution in [2.24, 2.45) is 11.7 Å². The molecule has 3 heteroatoms. The van der Waals surface area contributed by atoms with Crippen LogP contribution in [0.15, 0.2) is 24.3 Å². The SMILES string of the molecule is CCC1CCC(Nc2ccccc2CC(N)=O)CC1. The summed E-state index contributed by atoms with van der Waals surface area (Å²) in [6.45, 7) is 2.28. The van der Waals surface area contributed by atoms with Crippen molar-refractivity contribution in [3.8, 4) is 0 Å². The summed E-state index contributed by atoms with van der Waals surface area (Å²) in [6.07, 6.45) is 6.68. The Bertz CT molecular complexity index is 423. The molecule has 0 unspecified atom stereocenters. The van der Waals surface area contributed by atoms with Crippen LogP contribution in [0.4, 0.5) is 5.69 Å². The van der Waals surface area contributed by atoms with Gasteiger partial charge in [-0.1, -0.05) is 31.5 Å². The average Bonchev–Trinajstić information content (AvgIpc) is 2.41. The summed E-state index contributed by atoms with van der Waals surface area (Å²) in [5.74, 6) is 0.628. The summed E-state index contributed by atoms with van der Waals surface area (Å²) in [7, 11) is 0. The quantitative estimate of drug-likeness (QED) is 0.854. The van der Waals surface area contributed by atoms with Crippen molar-refractivity contribution in [2.75, 3.05) is 5.32 Å². The first-order valence-corrected chi connectivity index (χ1v) is 7.31. The van der Waals surface area contributed by atoms with Crippen molar-refractivity contribution in [1.29, 1.82) is 0 Å². The first kappa shape index (κ1) is 13.9. The van der Waals surface area contributed by atoms with Gasteiger partial charge in [0.05, 0.1) is 6.42 Å². The Labute approximate surface area is 115 Å². The summed E-state index contributed by atoms with van der Waals surface area (Å²) in [5, 5.41) is 3.59. The molecular formula is C16H24N2O. The van der Waals surface area contributed by atoms with E-state index < -0.39 is 0 Å². The van der Waals surface area contributed by atoms with Gasteiger partial charge in [-0.3, -0.25) is 4.79 Å².